The molecule has 3 aromatic carbocycles. The molecule has 0 amide bonds. The van der Waals surface area contributed by atoms with E-state index in [4.69, 9.17) is 4.74 Å². The highest BCUT2D eigenvalue weighted by atomic mass is 16.6. The van der Waals surface area contributed by atoms with Gasteiger partial charge in [-0.05, 0) is 77.9 Å². The summed E-state index contributed by atoms with van der Waals surface area (Å²) >= 11 is 0. The minimum absolute atomic E-state index is 0.142. The number of aryl methyl sites for hydroxylation is 1. The summed E-state index contributed by atoms with van der Waals surface area (Å²) in [4.78, 5) is 12.3. The van der Waals surface area contributed by atoms with Crippen molar-refractivity contribution in [3.63, 3.8) is 0 Å². The van der Waals surface area contributed by atoms with Gasteiger partial charge in [-0.1, -0.05) is 36.4 Å². The van der Waals surface area contributed by atoms with Crippen molar-refractivity contribution in [3.8, 4) is 0 Å². The molecular formula is C22H22O2. The predicted molar refractivity (Wildman–Crippen MR) is 98.4 cm³/mol. The molecular weight excluding hydrogens is 296 g/mol. The molecule has 4 rings (SSSR count). The number of hydrogen-bond acceptors (Lipinski definition) is 2. The van der Waals surface area contributed by atoms with Crippen molar-refractivity contribution in [2.45, 2.75) is 45.6 Å². The molecule has 0 bridgehead atoms. The Morgan fingerprint density at radius 1 is 0.958 bits per heavy atom. The lowest BCUT2D eigenvalue weighted by molar-refractivity contribution is -0.153. The molecule has 2 nitrogen and oxygen atoms in total. The highest BCUT2D eigenvalue weighted by molar-refractivity contribution is 6.09. The van der Waals surface area contributed by atoms with Crippen LogP contribution in [0.3, 0.4) is 0 Å². The number of benzene rings is 3. The molecule has 0 heterocycles. The van der Waals surface area contributed by atoms with Crippen molar-refractivity contribution in [2.24, 2.45) is 0 Å². The number of ether oxygens (including phenoxy) is 1. The second-order valence-electron chi connectivity index (χ2n) is 7.64. The van der Waals surface area contributed by atoms with Crippen LogP contribution < -0.4 is 0 Å². The van der Waals surface area contributed by atoms with E-state index in [0.29, 0.717) is 6.42 Å². The Kier molecular flexibility index (Phi) is 3.38. The second-order valence-corrected chi connectivity index (χ2v) is 7.64. The zero-order valence-corrected chi connectivity index (χ0v) is 14.5. The summed E-state index contributed by atoms with van der Waals surface area (Å²) in [6.07, 6.45) is 2.53. The van der Waals surface area contributed by atoms with Crippen molar-refractivity contribution in [2.75, 3.05) is 0 Å². The Hall–Kier alpha value is -2.35. The molecule has 3 aromatic rings. The van der Waals surface area contributed by atoms with Crippen LogP contribution >= 0.6 is 0 Å². The monoisotopic (exact) mass is 318 g/mol. The lowest BCUT2D eigenvalue weighted by Crippen LogP contribution is -2.26. The maximum absolute atomic E-state index is 12.3. The molecule has 122 valence electrons. The lowest BCUT2D eigenvalue weighted by Gasteiger charge is -2.26. The van der Waals surface area contributed by atoms with Gasteiger partial charge in [-0.15, -0.1) is 0 Å². The average molecular weight is 318 g/mol. The Morgan fingerprint density at radius 3 is 2.42 bits per heavy atom. The molecule has 1 aliphatic rings. The lowest BCUT2D eigenvalue weighted by atomic mass is 9.79. The van der Waals surface area contributed by atoms with E-state index < -0.39 is 5.60 Å². The van der Waals surface area contributed by atoms with E-state index in [1.54, 1.807) is 0 Å². The molecule has 0 aliphatic heterocycles. The van der Waals surface area contributed by atoms with E-state index >= 15 is 0 Å². The fourth-order valence-electron chi connectivity index (χ4n) is 3.69. The first-order valence-electron chi connectivity index (χ1n) is 8.59. The summed E-state index contributed by atoms with van der Waals surface area (Å²) in [5, 5.41) is 5.09. The van der Waals surface area contributed by atoms with Gasteiger partial charge in [0.15, 0.2) is 0 Å². The molecule has 0 aromatic heterocycles. The maximum Gasteiger partial charge on any atom is 0.310 e. The highest BCUT2D eigenvalue weighted by Crippen LogP contribution is 2.37. The Bertz CT molecular complexity index is 961. The van der Waals surface area contributed by atoms with Crippen LogP contribution in [-0.4, -0.2) is 11.6 Å². The zero-order valence-electron chi connectivity index (χ0n) is 14.5. The van der Waals surface area contributed by atoms with Crippen LogP contribution in [0.15, 0.2) is 42.5 Å². The number of carbonyl (C=O) groups is 1. The normalized spacial score (nSPS) is 13.6. The van der Waals surface area contributed by atoms with E-state index in [1.807, 2.05) is 20.8 Å². The first-order valence-corrected chi connectivity index (χ1v) is 8.59. The van der Waals surface area contributed by atoms with Gasteiger partial charge >= 0.3 is 5.97 Å². The van der Waals surface area contributed by atoms with Crippen LogP contribution in [0.4, 0.5) is 0 Å². The number of rotatable bonds is 2. The molecule has 0 saturated heterocycles. The molecule has 0 radical (unpaired) electrons. The summed E-state index contributed by atoms with van der Waals surface area (Å²) < 4.78 is 5.52. The van der Waals surface area contributed by atoms with Gasteiger partial charge in [-0.3, -0.25) is 4.79 Å². The maximum atomic E-state index is 12.3. The van der Waals surface area contributed by atoms with Crippen LogP contribution in [0.2, 0.25) is 0 Å². The molecule has 1 aliphatic carbocycles. The van der Waals surface area contributed by atoms with Gasteiger partial charge in [-0.2, -0.15) is 0 Å². The quantitative estimate of drug-likeness (QED) is 0.492. The molecule has 2 heteroatoms. The molecule has 0 spiro atoms. The van der Waals surface area contributed by atoms with Crippen molar-refractivity contribution in [1.29, 1.82) is 0 Å². The molecule has 0 atom stereocenters. The number of esters is 1. The number of fused-ring (bicyclic) bond motifs is 5. The van der Waals surface area contributed by atoms with Crippen molar-refractivity contribution in [3.05, 3.63) is 59.2 Å². The fourth-order valence-corrected chi connectivity index (χ4v) is 3.69. The minimum atomic E-state index is -0.437. The van der Waals surface area contributed by atoms with Gasteiger partial charge in [0, 0.05) is 0 Å². The molecule has 24 heavy (non-hydrogen) atoms. The highest BCUT2D eigenvalue weighted by Gasteiger charge is 2.24. The molecule has 0 saturated carbocycles. The van der Waals surface area contributed by atoms with E-state index in [2.05, 4.69) is 42.5 Å². The predicted octanol–water partition coefficient (Wildman–Crippen LogP) is 4.98. The van der Waals surface area contributed by atoms with Crippen LogP contribution in [0.25, 0.3) is 21.5 Å². The van der Waals surface area contributed by atoms with Gasteiger partial charge in [0.05, 0.1) is 6.42 Å². The summed E-state index contributed by atoms with van der Waals surface area (Å²) in [7, 11) is 0. The average Bonchev–Trinajstić information content (AvgIpc) is 2.45. The van der Waals surface area contributed by atoms with Crippen LogP contribution in [0.1, 0.15) is 37.5 Å². The van der Waals surface area contributed by atoms with E-state index in [0.717, 1.165) is 18.4 Å². The second kappa shape index (κ2) is 5.34. The van der Waals surface area contributed by atoms with Gasteiger partial charge < -0.3 is 4.74 Å². The van der Waals surface area contributed by atoms with E-state index in [-0.39, 0.29) is 5.97 Å². The van der Waals surface area contributed by atoms with E-state index in [1.165, 1.54) is 32.7 Å². The Balaban J connectivity index is 1.83. The van der Waals surface area contributed by atoms with Gasteiger partial charge in [0.2, 0.25) is 0 Å². The fraction of sp³-hybridized carbons (Fsp3) is 0.318. The third kappa shape index (κ3) is 2.56. The third-order valence-electron chi connectivity index (χ3n) is 4.75. The number of carbonyl (C=O) groups excluding carboxylic acids is 1. The molecule has 0 unspecified atom stereocenters. The molecule has 0 fully saturated rings. The van der Waals surface area contributed by atoms with Gasteiger partial charge in [-0.25, -0.2) is 0 Å². The van der Waals surface area contributed by atoms with Crippen LogP contribution in [0.5, 0.6) is 0 Å². The Labute approximate surface area is 142 Å². The van der Waals surface area contributed by atoms with E-state index in [9.17, 15) is 4.79 Å². The summed E-state index contributed by atoms with van der Waals surface area (Å²) in [5.74, 6) is -0.142. The third-order valence-corrected chi connectivity index (χ3v) is 4.75. The SMILES string of the molecule is CC(C)(C)OC(=O)Cc1cc2c(ccc3ccccc32)c2c1CC2. The summed E-state index contributed by atoms with van der Waals surface area (Å²) in [6.45, 7) is 5.74. The number of hydrogen-bond donors (Lipinski definition) is 0. The smallest absolute Gasteiger partial charge is 0.310 e. The first kappa shape index (κ1) is 15.2. The zero-order chi connectivity index (χ0) is 16.9. The van der Waals surface area contributed by atoms with Crippen molar-refractivity contribution < 1.29 is 9.53 Å². The van der Waals surface area contributed by atoms with Crippen LogP contribution in [-0.2, 0) is 28.8 Å². The van der Waals surface area contributed by atoms with Crippen molar-refractivity contribution in [1.82, 2.24) is 0 Å². The topological polar surface area (TPSA) is 26.3 Å². The standard InChI is InChI=1S/C22H22O2/c1-22(2,3)24-21(23)13-15-12-20-16-7-5-4-6-14(16)8-9-19(20)18-11-10-17(15)18/h4-9,12H,10-11,13H2,1-3H3. The van der Waals surface area contributed by atoms with Gasteiger partial charge in [0.25, 0.3) is 0 Å². The van der Waals surface area contributed by atoms with Gasteiger partial charge in [0.1, 0.15) is 5.60 Å². The van der Waals surface area contributed by atoms with Crippen molar-refractivity contribution >= 4 is 27.5 Å². The summed E-state index contributed by atoms with van der Waals surface area (Å²) in [6, 6.07) is 15.1. The Morgan fingerprint density at radius 2 is 1.71 bits per heavy atom. The summed E-state index contributed by atoms with van der Waals surface area (Å²) in [5.41, 5.74) is 3.46. The first-order chi connectivity index (χ1) is 11.4. The minimum Gasteiger partial charge on any atom is -0.460 e. The molecule has 0 N–H and O–H groups in total. The van der Waals surface area contributed by atoms with Crippen LogP contribution in [0, 0.1) is 0 Å². The largest absolute Gasteiger partial charge is 0.460 e.